The van der Waals surface area contributed by atoms with Gasteiger partial charge < -0.3 is 10.0 Å². The maximum atomic E-state index is 12.7. The van der Waals surface area contributed by atoms with Crippen molar-refractivity contribution in [2.45, 2.75) is 39.7 Å². The van der Waals surface area contributed by atoms with Gasteiger partial charge in [0.25, 0.3) is 5.91 Å². The fourth-order valence-electron chi connectivity index (χ4n) is 3.03. The lowest BCUT2D eigenvalue weighted by Gasteiger charge is -2.44. The van der Waals surface area contributed by atoms with Crippen molar-refractivity contribution in [1.82, 2.24) is 4.90 Å². The van der Waals surface area contributed by atoms with Gasteiger partial charge in [0.15, 0.2) is 0 Å². The van der Waals surface area contributed by atoms with Gasteiger partial charge in [0.2, 0.25) is 0 Å². The Kier molecular flexibility index (Phi) is 4.28. The summed E-state index contributed by atoms with van der Waals surface area (Å²) in [5.41, 5.74) is 0.883. The molecule has 21 heavy (non-hydrogen) atoms. The van der Waals surface area contributed by atoms with Gasteiger partial charge in [-0.2, -0.15) is 0 Å². The van der Waals surface area contributed by atoms with E-state index in [1.807, 2.05) is 26.8 Å². The summed E-state index contributed by atoms with van der Waals surface area (Å²) in [6.07, 6.45) is 1.58. The molecule has 1 atom stereocenters. The van der Waals surface area contributed by atoms with Crippen LogP contribution < -0.4 is 0 Å². The van der Waals surface area contributed by atoms with E-state index in [1.54, 1.807) is 12.1 Å². The third kappa shape index (κ3) is 3.05. The highest BCUT2D eigenvalue weighted by molar-refractivity contribution is 6.34. The highest BCUT2D eigenvalue weighted by atomic mass is 35.5. The third-order valence-electron chi connectivity index (χ3n) is 4.12. The van der Waals surface area contributed by atoms with Crippen molar-refractivity contribution in [2.75, 3.05) is 6.54 Å². The number of hydrogen-bond donors (Lipinski definition) is 1. The maximum Gasteiger partial charge on any atom is 0.326 e. The number of amides is 1. The van der Waals surface area contributed by atoms with Crippen LogP contribution in [0.3, 0.4) is 0 Å². The number of hydrogen-bond acceptors (Lipinski definition) is 2. The van der Waals surface area contributed by atoms with Crippen LogP contribution in [-0.4, -0.2) is 34.5 Å². The second-order valence-electron chi connectivity index (χ2n) is 6.31. The molecule has 0 spiro atoms. The number of carbonyl (C=O) groups excluding carboxylic acids is 1. The predicted octanol–water partition coefficient (Wildman–Crippen LogP) is 3.36. The van der Waals surface area contributed by atoms with Gasteiger partial charge in [-0.1, -0.05) is 31.5 Å². The number of nitrogens with zero attached hydrogens (tertiary/aromatic N) is 1. The van der Waals surface area contributed by atoms with E-state index in [4.69, 9.17) is 11.6 Å². The largest absolute Gasteiger partial charge is 0.480 e. The average Bonchev–Trinajstić information content (AvgIpc) is 2.36. The number of aliphatic carboxylic acids is 1. The first-order chi connectivity index (χ1) is 9.74. The highest BCUT2D eigenvalue weighted by Gasteiger charge is 2.44. The van der Waals surface area contributed by atoms with Gasteiger partial charge in [-0.15, -0.1) is 0 Å². The van der Waals surface area contributed by atoms with E-state index in [0.29, 0.717) is 17.1 Å². The van der Waals surface area contributed by atoms with E-state index >= 15 is 0 Å². The topological polar surface area (TPSA) is 57.6 Å². The molecular formula is C16H20ClNO3. The number of likely N-dealkylation sites (tertiary alicyclic amines) is 1. The van der Waals surface area contributed by atoms with E-state index in [9.17, 15) is 14.7 Å². The van der Waals surface area contributed by atoms with Crippen LogP contribution in [0.1, 0.15) is 42.6 Å². The Morgan fingerprint density at radius 3 is 2.62 bits per heavy atom. The van der Waals surface area contributed by atoms with Gasteiger partial charge >= 0.3 is 5.97 Å². The summed E-state index contributed by atoms with van der Waals surface area (Å²) in [6, 6.07) is 4.38. The molecule has 0 aliphatic carbocycles. The number of carbonyl (C=O) groups is 2. The number of carboxylic acids is 1. The van der Waals surface area contributed by atoms with Crippen molar-refractivity contribution < 1.29 is 14.7 Å². The lowest BCUT2D eigenvalue weighted by atomic mass is 9.76. The molecule has 1 fully saturated rings. The molecule has 2 rings (SSSR count). The molecule has 1 unspecified atom stereocenters. The van der Waals surface area contributed by atoms with Crippen LogP contribution in [0.4, 0.5) is 0 Å². The van der Waals surface area contributed by atoms with Crippen molar-refractivity contribution in [2.24, 2.45) is 5.41 Å². The summed E-state index contributed by atoms with van der Waals surface area (Å²) in [6.45, 7) is 6.12. The highest BCUT2D eigenvalue weighted by Crippen LogP contribution is 2.36. The van der Waals surface area contributed by atoms with Crippen LogP contribution in [0.15, 0.2) is 18.2 Å². The first-order valence-corrected chi connectivity index (χ1v) is 7.42. The summed E-state index contributed by atoms with van der Waals surface area (Å²) in [5, 5.41) is 9.89. The molecular weight excluding hydrogens is 290 g/mol. The SMILES string of the molecule is Cc1ccc(C(=O)N2CCCC(C)(C)C2C(=O)O)c(Cl)c1. The van der Waals surface area contributed by atoms with Gasteiger partial charge in [0.1, 0.15) is 6.04 Å². The fourth-order valence-corrected chi connectivity index (χ4v) is 3.34. The molecule has 1 N–H and O–H groups in total. The molecule has 114 valence electrons. The fraction of sp³-hybridized carbons (Fsp3) is 0.500. The molecule has 1 aliphatic heterocycles. The quantitative estimate of drug-likeness (QED) is 0.911. The molecule has 0 aromatic heterocycles. The number of benzene rings is 1. The van der Waals surface area contributed by atoms with Crippen molar-refractivity contribution in [3.8, 4) is 0 Å². The van der Waals surface area contributed by atoms with Crippen LogP contribution >= 0.6 is 11.6 Å². The molecule has 4 nitrogen and oxygen atoms in total. The zero-order valence-electron chi connectivity index (χ0n) is 12.5. The standard InChI is InChI=1S/C16H20ClNO3/c1-10-5-6-11(12(17)9-10)14(19)18-8-4-7-16(2,3)13(18)15(20)21/h5-6,9,13H,4,7-8H2,1-3H3,(H,20,21). The Balaban J connectivity index is 2.38. The maximum absolute atomic E-state index is 12.7. The summed E-state index contributed by atoms with van der Waals surface area (Å²) in [4.78, 5) is 25.8. The normalized spacial score (nSPS) is 21.1. The summed E-state index contributed by atoms with van der Waals surface area (Å²) in [5.74, 6) is -1.27. The van der Waals surface area contributed by atoms with Gasteiger partial charge in [-0.25, -0.2) is 4.79 Å². The third-order valence-corrected chi connectivity index (χ3v) is 4.43. The van der Waals surface area contributed by atoms with E-state index in [1.165, 1.54) is 4.90 Å². The van der Waals surface area contributed by atoms with Gasteiger partial charge in [-0.05, 0) is 42.9 Å². The average molecular weight is 310 g/mol. The Labute approximate surface area is 129 Å². The smallest absolute Gasteiger partial charge is 0.326 e. The minimum absolute atomic E-state index is 0.305. The number of halogens is 1. The zero-order valence-corrected chi connectivity index (χ0v) is 13.3. The minimum atomic E-state index is -0.962. The molecule has 1 aromatic carbocycles. The van der Waals surface area contributed by atoms with Crippen LogP contribution in [0.5, 0.6) is 0 Å². The molecule has 1 aliphatic rings. The van der Waals surface area contributed by atoms with Gasteiger partial charge in [0.05, 0.1) is 10.6 Å². The van der Waals surface area contributed by atoms with Crippen LogP contribution in [-0.2, 0) is 4.79 Å². The van der Waals surface area contributed by atoms with Crippen LogP contribution in [0.25, 0.3) is 0 Å². The van der Waals surface area contributed by atoms with Crippen molar-refractivity contribution in [1.29, 1.82) is 0 Å². The van der Waals surface area contributed by atoms with E-state index in [2.05, 4.69) is 0 Å². The molecule has 1 aromatic rings. The lowest BCUT2D eigenvalue weighted by Crippen LogP contribution is -2.56. The van der Waals surface area contributed by atoms with E-state index in [-0.39, 0.29) is 5.91 Å². The summed E-state index contributed by atoms with van der Waals surface area (Å²) in [7, 11) is 0. The predicted molar refractivity (Wildman–Crippen MR) is 81.7 cm³/mol. The number of carboxylic acid groups (broad SMARTS) is 1. The minimum Gasteiger partial charge on any atom is -0.480 e. The Bertz CT molecular complexity index is 583. The summed E-state index contributed by atoms with van der Waals surface area (Å²) >= 11 is 6.15. The summed E-state index contributed by atoms with van der Waals surface area (Å²) < 4.78 is 0. The number of aryl methyl sites for hydroxylation is 1. The molecule has 1 amide bonds. The van der Waals surface area contributed by atoms with Crippen LogP contribution in [0, 0.1) is 12.3 Å². The second-order valence-corrected chi connectivity index (χ2v) is 6.72. The number of rotatable bonds is 2. The monoisotopic (exact) mass is 309 g/mol. The van der Waals surface area contributed by atoms with Crippen molar-refractivity contribution in [3.05, 3.63) is 34.3 Å². The van der Waals surface area contributed by atoms with Gasteiger partial charge in [0, 0.05) is 6.54 Å². The molecule has 0 bridgehead atoms. The number of piperidine rings is 1. The Morgan fingerprint density at radius 2 is 2.05 bits per heavy atom. The van der Waals surface area contributed by atoms with Crippen molar-refractivity contribution >= 4 is 23.5 Å². The van der Waals surface area contributed by atoms with Crippen molar-refractivity contribution in [3.63, 3.8) is 0 Å². The first-order valence-electron chi connectivity index (χ1n) is 7.04. The molecule has 1 saturated heterocycles. The lowest BCUT2D eigenvalue weighted by molar-refractivity contribution is -0.148. The molecule has 0 radical (unpaired) electrons. The van der Waals surface area contributed by atoms with E-state index in [0.717, 1.165) is 18.4 Å². The van der Waals surface area contributed by atoms with Crippen LogP contribution in [0.2, 0.25) is 5.02 Å². The van der Waals surface area contributed by atoms with Gasteiger partial charge in [-0.3, -0.25) is 4.79 Å². The molecule has 0 saturated carbocycles. The van der Waals surface area contributed by atoms with E-state index < -0.39 is 17.4 Å². The first kappa shape index (κ1) is 15.8. The molecule has 1 heterocycles. The zero-order chi connectivity index (χ0) is 15.8. The Hall–Kier alpha value is -1.55. The second kappa shape index (κ2) is 5.68. The molecule has 5 heteroatoms. The Morgan fingerprint density at radius 1 is 1.38 bits per heavy atom.